The van der Waals surface area contributed by atoms with Crippen LogP contribution in [-0.4, -0.2) is 41.1 Å². The molecule has 0 aliphatic heterocycles. The molecule has 4 rings (SSSR count). The molecule has 0 aliphatic carbocycles. The molecule has 2 aromatic heterocycles. The highest BCUT2D eigenvalue weighted by molar-refractivity contribution is 7.92. The number of H-pyrrole nitrogens is 1. The predicted octanol–water partition coefficient (Wildman–Crippen LogP) is 4.74. The van der Waals surface area contributed by atoms with Crippen molar-refractivity contribution in [3.8, 4) is 11.4 Å². The van der Waals surface area contributed by atoms with Crippen LogP contribution >= 0.6 is 23.2 Å². The number of sulfone groups is 1. The number of aromatic nitrogens is 3. The van der Waals surface area contributed by atoms with E-state index >= 15 is 0 Å². The van der Waals surface area contributed by atoms with Gasteiger partial charge in [-0.3, -0.25) is 0 Å². The number of benzene rings is 2. The highest BCUT2D eigenvalue weighted by Crippen LogP contribution is 2.42. The lowest BCUT2D eigenvalue weighted by Gasteiger charge is -2.27. The van der Waals surface area contributed by atoms with Gasteiger partial charge in [0.05, 0.1) is 28.1 Å². The molecule has 0 bridgehead atoms. The van der Waals surface area contributed by atoms with E-state index < -0.39 is 26.2 Å². The van der Waals surface area contributed by atoms with E-state index in [2.05, 4.69) is 9.97 Å². The highest BCUT2D eigenvalue weighted by atomic mass is 35.5. The summed E-state index contributed by atoms with van der Waals surface area (Å²) in [6, 6.07) is 10.3. The number of fused-ring (bicyclic) bond motifs is 1. The molecule has 4 aromatic rings. The van der Waals surface area contributed by atoms with Crippen molar-refractivity contribution in [1.82, 2.24) is 14.5 Å². The summed E-state index contributed by atoms with van der Waals surface area (Å²) in [5, 5.41) is 9.81. The number of imidazole rings is 1. The van der Waals surface area contributed by atoms with E-state index in [1.54, 1.807) is 31.2 Å². The first-order chi connectivity index (χ1) is 16.8. The lowest BCUT2D eigenvalue weighted by Crippen LogP contribution is -2.30. The number of aryl methyl sites for hydroxylation is 1. The standard InChI is InChI=1S/C24H21Cl2N3O6S/c1-12-8-16(22(30)31)27-21-20(12)28-23(32)29(21)17-11-19(18(35-4)10-15(17)26)36(33,34)24(2,3)13-6-5-7-14(25)9-13/h5-11H,1-4H3,(H,28,32)(H,30,31). The minimum atomic E-state index is -4.16. The fourth-order valence-electron chi connectivity index (χ4n) is 3.92. The molecule has 0 fully saturated rings. The number of carboxylic acids is 1. The zero-order valence-electron chi connectivity index (χ0n) is 19.6. The van der Waals surface area contributed by atoms with E-state index in [0.717, 1.165) is 4.57 Å². The average Bonchev–Trinajstić information content (AvgIpc) is 3.14. The molecule has 188 valence electrons. The smallest absolute Gasteiger partial charge is 0.354 e. The first kappa shape index (κ1) is 25.7. The number of carbonyl (C=O) groups is 1. The van der Waals surface area contributed by atoms with E-state index in [1.807, 2.05) is 0 Å². The van der Waals surface area contributed by atoms with Gasteiger partial charge in [0.15, 0.2) is 21.2 Å². The molecule has 0 atom stereocenters. The van der Waals surface area contributed by atoms with Crippen LogP contribution in [0.25, 0.3) is 16.9 Å². The highest BCUT2D eigenvalue weighted by Gasteiger charge is 2.40. The Labute approximate surface area is 216 Å². The van der Waals surface area contributed by atoms with Crippen LogP contribution in [0.4, 0.5) is 0 Å². The van der Waals surface area contributed by atoms with Gasteiger partial charge in [-0.2, -0.15) is 0 Å². The molecule has 0 saturated heterocycles. The largest absolute Gasteiger partial charge is 0.495 e. The van der Waals surface area contributed by atoms with Crippen molar-refractivity contribution < 1.29 is 23.1 Å². The monoisotopic (exact) mass is 549 g/mol. The van der Waals surface area contributed by atoms with Crippen LogP contribution in [-0.2, 0) is 14.6 Å². The molecule has 0 saturated carbocycles. The van der Waals surface area contributed by atoms with Gasteiger partial charge in [-0.15, -0.1) is 0 Å². The number of hydrogen-bond acceptors (Lipinski definition) is 6. The minimum absolute atomic E-state index is 0.00505. The quantitative estimate of drug-likeness (QED) is 0.354. The second-order valence-electron chi connectivity index (χ2n) is 8.57. The number of halogens is 2. The minimum Gasteiger partial charge on any atom is -0.495 e. The van der Waals surface area contributed by atoms with Crippen LogP contribution in [0, 0.1) is 6.92 Å². The Hall–Kier alpha value is -3.34. The molecule has 0 spiro atoms. The maximum atomic E-state index is 14.0. The number of aromatic carboxylic acids is 1. The zero-order chi connectivity index (χ0) is 26.6. The molecule has 2 aromatic carbocycles. The number of pyridine rings is 1. The predicted molar refractivity (Wildman–Crippen MR) is 137 cm³/mol. The molecule has 0 unspecified atom stereocenters. The number of rotatable bonds is 6. The molecule has 0 radical (unpaired) electrons. The van der Waals surface area contributed by atoms with Crippen LogP contribution in [0.1, 0.15) is 35.5 Å². The van der Waals surface area contributed by atoms with Crippen LogP contribution < -0.4 is 10.4 Å². The van der Waals surface area contributed by atoms with E-state index in [0.29, 0.717) is 21.7 Å². The SMILES string of the molecule is COc1cc(Cl)c(-n2c(=O)[nH]c3c(C)cc(C(=O)O)nc32)cc1S(=O)(=O)C(C)(C)c1cccc(Cl)c1. The topological polar surface area (TPSA) is 131 Å². The maximum Gasteiger partial charge on any atom is 0.354 e. The molecule has 2 heterocycles. The van der Waals surface area contributed by atoms with Crippen LogP contribution in [0.2, 0.25) is 10.0 Å². The van der Waals surface area contributed by atoms with Crippen molar-refractivity contribution >= 4 is 50.2 Å². The maximum absolute atomic E-state index is 14.0. The van der Waals surface area contributed by atoms with Crippen molar-refractivity contribution in [3.63, 3.8) is 0 Å². The van der Waals surface area contributed by atoms with Crippen molar-refractivity contribution in [2.45, 2.75) is 30.4 Å². The molecule has 0 amide bonds. The van der Waals surface area contributed by atoms with E-state index in [1.165, 1.54) is 39.2 Å². The van der Waals surface area contributed by atoms with Crippen molar-refractivity contribution in [3.05, 3.63) is 79.8 Å². The third-order valence-electron chi connectivity index (χ3n) is 6.02. The number of aromatic amines is 1. The summed E-state index contributed by atoms with van der Waals surface area (Å²) in [4.78, 5) is 31.0. The lowest BCUT2D eigenvalue weighted by atomic mass is 10.0. The van der Waals surface area contributed by atoms with Gasteiger partial charge >= 0.3 is 11.7 Å². The second-order valence-corrected chi connectivity index (χ2v) is 11.9. The van der Waals surface area contributed by atoms with Gasteiger partial charge in [-0.05, 0) is 56.2 Å². The molecule has 0 aliphatic rings. The number of ether oxygens (including phenoxy) is 1. The summed E-state index contributed by atoms with van der Waals surface area (Å²) in [5.41, 5.74) is 0.222. The first-order valence-electron chi connectivity index (χ1n) is 10.5. The fourth-order valence-corrected chi connectivity index (χ4v) is 6.01. The molecular weight excluding hydrogens is 529 g/mol. The van der Waals surface area contributed by atoms with Crippen molar-refractivity contribution in [1.29, 1.82) is 0 Å². The van der Waals surface area contributed by atoms with Crippen molar-refractivity contribution in [2.24, 2.45) is 0 Å². The van der Waals surface area contributed by atoms with E-state index in [-0.39, 0.29) is 32.7 Å². The zero-order valence-corrected chi connectivity index (χ0v) is 21.9. The molecule has 12 heteroatoms. The summed E-state index contributed by atoms with van der Waals surface area (Å²) in [6.45, 7) is 4.68. The average molecular weight is 550 g/mol. The summed E-state index contributed by atoms with van der Waals surface area (Å²) in [7, 11) is -2.86. The number of nitrogens with zero attached hydrogens (tertiary/aromatic N) is 2. The normalized spacial score (nSPS) is 12.2. The van der Waals surface area contributed by atoms with Gasteiger partial charge in [0.1, 0.15) is 10.6 Å². The Morgan fingerprint density at radius 2 is 1.86 bits per heavy atom. The Kier molecular flexibility index (Phi) is 6.40. The van der Waals surface area contributed by atoms with Crippen LogP contribution in [0.5, 0.6) is 5.75 Å². The first-order valence-corrected chi connectivity index (χ1v) is 12.8. The Morgan fingerprint density at radius 1 is 1.17 bits per heavy atom. The fraction of sp³-hybridized carbons (Fsp3) is 0.208. The molecule has 2 N–H and O–H groups in total. The van der Waals surface area contributed by atoms with Gasteiger partial charge < -0.3 is 14.8 Å². The van der Waals surface area contributed by atoms with Crippen LogP contribution in [0.15, 0.2) is 52.2 Å². The summed E-state index contributed by atoms with van der Waals surface area (Å²) in [5.74, 6) is -1.31. The molecule has 9 nitrogen and oxygen atoms in total. The van der Waals surface area contributed by atoms with Gasteiger partial charge in [0, 0.05) is 11.1 Å². The van der Waals surface area contributed by atoms with Crippen LogP contribution in [0.3, 0.4) is 0 Å². The summed E-state index contributed by atoms with van der Waals surface area (Å²) in [6.07, 6.45) is 0. The number of carboxylic acid groups (broad SMARTS) is 1. The van der Waals surface area contributed by atoms with E-state index in [9.17, 15) is 23.1 Å². The Bertz CT molecular complexity index is 1710. The lowest BCUT2D eigenvalue weighted by molar-refractivity contribution is 0.0690. The second kappa shape index (κ2) is 8.95. The summed E-state index contributed by atoms with van der Waals surface area (Å²) < 4.78 is 32.9. The third-order valence-corrected chi connectivity index (χ3v) is 9.03. The Morgan fingerprint density at radius 3 is 2.47 bits per heavy atom. The number of methoxy groups -OCH3 is 1. The summed E-state index contributed by atoms with van der Waals surface area (Å²) >= 11 is 12.6. The van der Waals surface area contributed by atoms with Gasteiger partial charge in [0.2, 0.25) is 0 Å². The molecular formula is C24H21Cl2N3O6S. The number of nitrogens with one attached hydrogen (secondary N) is 1. The third kappa shape index (κ3) is 4.04. The molecule has 36 heavy (non-hydrogen) atoms. The van der Waals surface area contributed by atoms with E-state index in [4.69, 9.17) is 27.9 Å². The van der Waals surface area contributed by atoms with Gasteiger partial charge in [0.25, 0.3) is 0 Å². The van der Waals surface area contributed by atoms with Gasteiger partial charge in [-0.25, -0.2) is 27.6 Å². The Balaban J connectivity index is 2.03. The van der Waals surface area contributed by atoms with Gasteiger partial charge in [-0.1, -0.05) is 35.3 Å². The number of hydrogen-bond donors (Lipinski definition) is 2. The van der Waals surface area contributed by atoms with Crippen molar-refractivity contribution in [2.75, 3.05) is 7.11 Å².